The van der Waals surface area contributed by atoms with Crippen LogP contribution in [0.2, 0.25) is 0 Å². The molecule has 0 saturated carbocycles. The van der Waals surface area contributed by atoms with Crippen molar-refractivity contribution in [2.75, 3.05) is 16.8 Å². The number of nitrogens with zero attached hydrogens (tertiary/aromatic N) is 1. The molecule has 0 unspecified atom stereocenters. The van der Waals surface area contributed by atoms with Gasteiger partial charge in [0.25, 0.3) is 0 Å². The van der Waals surface area contributed by atoms with Crippen LogP contribution in [0.3, 0.4) is 0 Å². The standard InChI is InChI=1S/C22H22N4/c1-22(16-8-12-18(24)13-9-16)14-21(15-6-10-17(23)11-7-15)25-19-4-2-3-5-20(19)26-22/h2-13,26H,14,23-24H2,1H3/t22-/m0/s1. The largest absolute Gasteiger partial charge is 0.399 e. The molecule has 1 heterocycles. The van der Waals surface area contributed by atoms with Crippen molar-refractivity contribution in [3.05, 3.63) is 83.9 Å². The fraction of sp³-hybridized carbons (Fsp3) is 0.136. The lowest BCUT2D eigenvalue weighted by Gasteiger charge is -2.32. The first kappa shape index (κ1) is 16.2. The Balaban J connectivity index is 1.84. The molecule has 1 aliphatic rings. The third kappa shape index (κ3) is 3.02. The number of rotatable bonds is 2. The summed E-state index contributed by atoms with van der Waals surface area (Å²) in [6.45, 7) is 2.20. The second-order valence-electron chi connectivity index (χ2n) is 6.95. The summed E-state index contributed by atoms with van der Waals surface area (Å²) in [5.41, 5.74) is 18.2. The van der Waals surface area contributed by atoms with E-state index in [0.717, 1.165) is 40.4 Å². The Morgan fingerprint density at radius 2 is 1.46 bits per heavy atom. The van der Waals surface area contributed by atoms with Crippen LogP contribution in [0, 0.1) is 0 Å². The molecule has 1 atom stereocenters. The van der Waals surface area contributed by atoms with Gasteiger partial charge >= 0.3 is 0 Å². The number of nitrogens with one attached hydrogen (secondary N) is 1. The van der Waals surface area contributed by atoms with Gasteiger partial charge in [0.15, 0.2) is 0 Å². The second-order valence-corrected chi connectivity index (χ2v) is 6.95. The highest BCUT2D eigenvalue weighted by Gasteiger charge is 2.31. The fourth-order valence-electron chi connectivity index (χ4n) is 3.41. The van der Waals surface area contributed by atoms with Gasteiger partial charge in [-0.25, -0.2) is 0 Å². The molecule has 0 saturated heterocycles. The predicted molar refractivity (Wildman–Crippen MR) is 110 cm³/mol. The summed E-state index contributed by atoms with van der Waals surface area (Å²) in [7, 11) is 0. The molecule has 0 aromatic heterocycles. The third-order valence-electron chi connectivity index (χ3n) is 4.88. The summed E-state index contributed by atoms with van der Waals surface area (Å²) in [5.74, 6) is 0. The van der Waals surface area contributed by atoms with Crippen molar-refractivity contribution in [1.82, 2.24) is 0 Å². The van der Waals surface area contributed by atoms with Crippen LogP contribution in [0.5, 0.6) is 0 Å². The summed E-state index contributed by atoms with van der Waals surface area (Å²) in [6, 6.07) is 24.1. The van der Waals surface area contributed by atoms with Crippen LogP contribution in [-0.4, -0.2) is 5.71 Å². The lowest BCUT2D eigenvalue weighted by Crippen LogP contribution is -2.33. The van der Waals surface area contributed by atoms with Crippen molar-refractivity contribution in [3.63, 3.8) is 0 Å². The maximum atomic E-state index is 5.88. The maximum Gasteiger partial charge on any atom is 0.0864 e. The van der Waals surface area contributed by atoms with E-state index in [2.05, 4.69) is 30.4 Å². The molecular weight excluding hydrogens is 320 g/mol. The zero-order valence-electron chi connectivity index (χ0n) is 14.7. The molecule has 4 nitrogen and oxygen atoms in total. The van der Waals surface area contributed by atoms with Crippen LogP contribution in [0.25, 0.3) is 0 Å². The number of nitrogen functional groups attached to an aromatic ring is 2. The summed E-state index contributed by atoms with van der Waals surface area (Å²) in [4.78, 5) is 4.97. The number of benzene rings is 3. The highest BCUT2D eigenvalue weighted by Crippen LogP contribution is 2.39. The van der Waals surface area contributed by atoms with Crippen LogP contribution >= 0.6 is 0 Å². The summed E-state index contributed by atoms with van der Waals surface area (Å²) in [6.07, 6.45) is 0.746. The third-order valence-corrected chi connectivity index (χ3v) is 4.88. The van der Waals surface area contributed by atoms with E-state index in [9.17, 15) is 0 Å². The fourth-order valence-corrected chi connectivity index (χ4v) is 3.41. The number of fused-ring (bicyclic) bond motifs is 1. The van der Waals surface area contributed by atoms with Crippen molar-refractivity contribution in [1.29, 1.82) is 0 Å². The quantitative estimate of drug-likeness (QED) is 0.591. The van der Waals surface area contributed by atoms with Crippen LogP contribution in [0.4, 0.5) is 22.7 Å². The molecule has 4 heteroatoms. The van der Waals surface area contributed by atoms with E-state index in [1.165, 1.54) is 5.56 Å². The average Bonchev–Trinajstić information content (AvgIpc) is 2.79. The molecule has 0 amide bonds. The molecule has 26 heavy (non-hydrogen) atoms. The Hall–Kier alpha value is -3.27. The molecular formula is C22H22N4. The number of nitrogens with two attached hydrogens (primary N) is 2. The number of para-hydroxylation sites is 2. The molecule has 0 fully saturated rings. The first-order valence-electron chi connectivity index (χ1n) is 8.70. The van der Waals surface area contributed by atoms with E-state index in [4.69, 9.17) is 16.5 Å². The molecule has 0 radical (unpaired) electrons. The normalized spacial score (nSPS) is 19.0. The van der Waals surface area contributed by atoms with Crippen molar-refractivity contribution in [2.45, 2.75) is 18.9 Å². The lowest BCUT2D eigenvalue weighted by molar-refractivity contribution is 0.571. The van der Waals surface area contributed by atoms with Crippen molar-refractivity contribution in [3.8, 4) is 0 Å². The van der Waals surface area contributed by atoms with Crippen LogP contribution in [-0.2, 0) is 5.54 Å². The summed E-state index contributed by atoms with van der Waals surface area (Å²) in [5, 5.41) is 3.70. The van der Waals surface area contributed by atoms with Gasteiger partial charge in [0.1, 0.15) is 0 Å². The van der Waals surface area contributed by atoms with Gasteiger partial charge in [-0.05, 0) is 54.4 Å². The Bertz CT molecular complexity index is 958. The molecule has 130 valence electrons. The average molecular weight is 342 g/mol. The minimum absolute atomic E-state index is 0.305. The summed E-state index contributed by atoms with van der Waals surface area (Å²) >= 11 is 0. The van der Waals surface area contributed by atoms with Gasteiger partial charge in [-0.1, -0.05) is 36.4 Å². The number of anilines is 3. The Kier molecular flexibility index (Phi) is 3.88. The Morgan fingerprint density at radius 1 is 0.846 bits per heavy atom. The Labute approximate surface area is 153 Å². The smallest absolute Gasteiger partial charge is 0.0864 e. The minimum Gasteiger partial charge on any atom is -0.399 e. The summed E-state index contributed by atoms with van der Waals surface area (Å²) < 4.78 is 0. The van der Waals surface area contributed by atoms with Gasteiger partial charge < -0.3 is 16.8 Å². The highest BCUT2D eigenvalue weighted by atomic mass is 15.0. The molecule has 3 aromatic rings. The topological polar surface area (TPSA) is 76.4 Å². The van der Waals surface area contributed by atoms with Crippen LogP contribution in [0.1, 0.15) is 24.5 Å². The second kappa shape index (κ2) is 6.23. The number of hydrogen-bond acceptors (Lipinski definition) is 4. The van der Waals surface area contributed by atoms with E-state index < -0.39 is 0 Å². The maximum absolute atomic E-state index is 5.88. The van der Waals surface area contributed by atoms with Gasteiger partial charge in [-0.3, -0.25) is 4.99 Å². The van der Waals surface area contributed by atoms with Crippen molar-refractivity contribution >= 4 is 28.5 Å². The number of hydrogen-bond donors (Lipinski definition) is 3. The first-order valence-corrected chi connectivity index (χ1v) is 8.70. The molecule has 1 aliphatic heterocycles. The van der Waals surface area contributed by atoms with E-state index >= 15 is 0 Å². The SMILES string of the molecule is C[C@@]1(c2ccc(N)cc2)CC(c2ccc(N)cc2)=Nc2ccccc2N1. The first-order chi connectivity index (χ1) is 12.5. The lowest BCUT2D eigenvalue weighted by atomic mass is 9.85. The van der Waals surface area contributed by atoms with E-state index in [1.54, 1.807) is 0 Å². The zero-order chi connectivity index (χ0) is 18.1. The molecule has 0 bridgehead atoms. The highest BCUT2D eigenvalue weighted by molar-refractivity contribution is 6.04. The van der Waals surface area contributed by atoms with Crippen molar-refractivity contribution in [2.24, 2.45) is 4.99 Å². The Morgan fingerprint density at radius 3 is 2.15 bits per heavy atom. The predicted octanol–water partition coefficient (Wildman–Crippen LogP) is 4.70. The van der Waals surface area contributed by atoms with Crippen LogP contribution in [0.15, 0.2) is 77.8 Å². The van der Waals surface area contributed by atoms with Gasteiger partial charge in [-0.15, -0.1) is 0 Å². The zero-order valence-corrected chi connectivity index (χ0v) is 14.7. The van der Waals surface area contributed by atoms with E-state index in [0.29, 0.717) is 0 Å². The monoisotopic (exact) mass is 342 g/mol. The molecule has 0 spiro atoms. The molecule has 0 aliphatic carbocycles. The van der Waals surface area contributed by atoms with E-state index in [-0.39, 0.29) is 5.54 Å². The van der Waals surface area contributed by atoms with Crippen molar-refractivity contribution < 1.29 is 0 Å². The van der Waals surface area contributed by atoms with E-state index in [1.807, 2.05) is 54.6 Å². The minimum atomic E-state index is -0.305. The van der Waals surface area contributed by atoms with Gasteiger partial charge in [-0.2, -0.15) is 0 Å². The molecule has 3 aromatic carbocycles. The number of aliphatic imine (C=N–C) groups is 1. The van der Waals surface area contributed by atoms with Gasteiger partial charge in [0.05, 0.1) is 22.6 Å². The van der Waals surface area contributed by atoms with Crippen LogP contribution < -0.4 is 16.8 Å². The molecule has 4 rings (SSSR count). The van der Waals surface area contributed by atoms with Gasteiger partial charge in [0.2, 0.25) is 0 Å². The molecule has 5 N–H and O–H groups in total. The van der Waals surface area contributed by atoms with Gasteiger partial charge in [0, 0.05) is 17.8 Å².